The molecule has 2 aromatic heterocycles. The van der Waals surface area contributed by atoms with Gasteiger partial charge in [-0.2, -0.15) is 0 Å². The van der Waals surface area contributed by atoms with Gasteiger partial charge >= 0.3 is 6.36 Å². The fourth-order valence-electron chi connectivity index (χ4n) is 2.11. The van der Waals surface area contributed by atoms with Gasteiger partial charge < -0.3 is 4.84 Å². The Morgan fingerprint density at radius 2 is 1.96 bits per heavy atom. The Kier molecular flexibility index (Phi) is 4.22. The second-order valence-electron chi connectivity index (χ2n) is 4.60. The third-order valence-electron chi connectivity index (χ3n) is 3.00. The molecule has 0 aliphatic heterocycles. The monoisotopic (exact) mass is 356 g/mol. The van der Waals surface area contributed by atoms with Crippen LogP contribution in [0.5, 0.6) is 0 Å². The smallest absolute Gasteiger partial charge is 0.310 e. The average Bonchev–Trinajstić information content (AvgIpc) is 2.92. The van der Waals surface area contributed by atoms with Crippen LogP contribution in [0.25, 0.3) is 22.6 Å². The molecule has 0 saturated heterocycles. The molecular weight excluding hydrogens is 345 g/mol. The second-order valence-corrected chi connectivity index (χ2v) is 5.80. The fourth-order valence-corrected chi connectivity index (χ4v) is 2.84. The van der Waals surface area contributed by atoms with E-state index in [9.17, 15) is 18.0 Å². The Balaban J connectivity index is 2.27. The van der Waals surface area contributed by atoms with E-state index in [1.165, 1.54) is 15.9 Å². The molecule has 1 aromatic carbocycles. The van der Waals surface area contributed by atoms with Crippen molar-refractivity contribution in [2.24, 2.45) is 0 Å². The van der Waals surface area contributed by atoms with Crippen molar-refractivity contribution in [1.29, 1.82) is 0 Å². The molecular formula is C14H11F3N4O2S. The Morgan fingerprint density at radius 3 is 2.58 bits per heavy atom. The van der Waals surface area contributed by atoms with Gasteiger partial charge in [0.2, 0.25) is 5.65 Å². The molecule has 0 spiro atoms. The average molecular weight is 356 g/mol. The van der Waals surface area contributed by atoms with Gasteiger partial charge in [0.1, 0.15) is 6.33 Å². The standard InChI is InChI=1S/C14H11F3N4O2S/c1-2-24-21-11(9-6-4-3-5-7-9)19-12-10(13(21)22)18-8-20(12)23-14(15,16)17/h3-8H,2H2,1H3. The highest BCUT2D eigenvalue weighted by molar-refractivity contribution is 7.97. The minimum atomic E-state index is -4.92. The van der Waals surface area contributed by atoms with Crippen LogP contribution in [0.4, 0.5) is 13.2 Å². The molecule has 10 heteroatoms. The van der Waals surface area contributed by atoms with Gasteiger partial charge in [-0.3, -0.25) is 4.79 Å². The van der Waals surface area contributed by atoms with Gasteiger partial charge in [0.15, 0.2) is 11.3 Å². The maximum Gasteiger partial charge on any atom is 0.591 e. The molecule has 3 aromatic rings. The molecule has 0 fully saturated rings. The van der Waals surface area contributed by atoms with Gasteiger partial charge in [-0.15, -0.1) is 17.9 Å². The van der Waals surface area contributed by atoms with Crippen LogP contribution in [0.2, 0.25) is 0 Å². The SMILES string of the molecule is CCSn1c(-c2ccccc2)nc2c(ncn2OC(F)(F)F)c1=O. The number of aromatic nitrogens is 4. The van der Waals surface area contributed by atoms with Crippen molar-refractivity contribution in [3.05, 3.63) is 47.0 Å². The first-order valence-corrected chi connectivity index (χ1v) is 7.80. The Labute approximate surface area is 138 Å². The van der Waals surface area contributed by atoms with Crippen LogP contribution < -0.4 is 10.4 Å². The van der Waals surface area contributed by atoms with Gasteiger partial charge in [-0.1, -0.05) is 37.3 Å². The summed E-state index contributed by atoms with van der Waals surface area (Å²) in [7, 11) is 0. The number of hydrogen-bond donors (Lipinski definition) is 0. The largest absolute Gasteiger partial charge is 0.591 e. The normalized spacial score (nSPS) is 11.8. The first-order valence-electron chi connectivity index (χ1n) is 6.85. The molecule has 3 rings (SSSR count). The molecule has 0 unspecified atom stereocenters. The zero-order valence-electron chi connectivity index (χ0n) is 12.3. The molecule has 0 amide bonds. The van der Waals surface area contributed by atoms with Crippen molar-refractivity contribution in [1.82, 2.24) is 18.7 Å². The van der Waals surface area contributed by atoms with Crippen LogP contribution in [0, 0.1) is 0 Å². The Morgan fingerprint density at radius 1 is 1.25 bits per heavy atom. The van der Waals surface area contributed by atoms with Crippen molar-refractivity contribution in [3.63, 3.8) is 0 Å². The summed E-state index contributed by atoms with van der Waals surface area (Å²) in [6, 6.07) is 8.71. The van der Waals surface area contributed by atoms with Crippen LogP contribution in [-0.4, -0.2) is 30.8 Å². The predicted octanol–water partition coefficient (Wildman–Crippen LogP) is 2.72. The first-order chi connectivity index (χ1) is 11.4. The van der Waals surface area contributed by atoms with Crippen molar-refractivity contribution < 1.29 is 18.0 Å². The summed E-state index contributed by atoms with van der Waals surface area (Å²) in [5.74, 6) is 0.805. The van der Waals surface area contributed by atoms with Crippen molar-refractivity contribution >= 4 is 23.1 Å². The number of halogens is 3. The molecule has 0 bridgehead atoms. The lowest BCUT2D eigenvalue weighted by Gasteiger charge is -2.12. The predicted molar refractivity (Wildman–Crippen MR) is 83.4 cm³/mol. The van der Waals surface area contributed by atoms with Gasteiger partial charge in [0.25, 0.3) is 5.56 Å². The van der Waals surface area contributed by atoms with E-state index >= 15 is 0 Å². The van der Waals surface area contributed by atoms with Crippen molar-refractivity contribution in [2.45, 2.75) is 13.3 Å². The maximum atomic E-state index is 12.6. The third kappa shape index (κ3) is 3.09. The molecule has 126 valence electrons. The molecule has 0 saturated carbocycles. The molecule has 24 heavy (non-hydrogen) atoms. The van der Waals surface area contributed by atoms with E-state index in [2.05, 4.69) is 14.8 Å². The highest BCUT2D eigenvalue weighted by Crippen LogP contribution is 2.22. The molecule has 0 N–H and O–H groups in total. The zero-order chi connectivity index (χ0) is 17.3. The van der Waals surface area contributed by atoms with Crippen LogP contribution in [0.1, 0.15) is 6.92 Å². The van der Waals surface area contributed by atoms with Crippen LogP contribution >= 0.6 is 11.9 Å². The van der Waals surface area contributed by atoms with E-state index in [4.69, 9.17) is 0 Å². The lowest BCUT2D eigenvalue weighted by molar-refractivity contribution is -0.321. The summed E-state index contributed by atoms with van der Waals surface area (Å²) in [6.07, 6.45) is -4.14. The van der Waals surface area contributed by atoms with E-state index in [1.807, 2.05) is 6.92 Å². The number of rotatable bonds is 4. The first kappa shape index (κ1) is 16.4. The minimum absolute atomic E-state index is 0.195. The highest BCUT2D eigenvalue weighted by Gasteiger charge is 2.33. The lowest BCUT2D eigenvalue weighted by atomic mass is 10.2. The van der Waals surface area contributed by atoms with Gasteiger partial charge in [-0.25, -0.2) is 13.9 Å². The fraction of sp³-hybridized carbons (Fsp3) is 0.214. The number of hydrogen-bond acceptors (Lipinski definition) is 5. The second kappa shape index (κ2) is 6.19. The topological polar surface area (TPSA) is 61.9 Å². The summed E-state index contributed by atoms with van der Waals surface area (Å²) in [6.45, 7) is 1.85. The van der Waals surface area contributed by atoms with E-state index in [-0.39, 0.29) is 17.0 Å². The molecule has 0 aliphatic carbocycles. The third-order valence-corrected chi connectivity index (χ3v) is 3.85. The number of fused-ring (bicyclic) bond motifs is 1. The van der Waals surface area contributed by atoms with E-state index in [0.29, 0.717) is 16.0 Å². The zero-order valence-corrected chi connectivity index (χ0v) is 13.1. The van der Waals surface area contributed by atoms with Gasteiger partial charge in [-0.05, 0) is 11.9 Å². The summed E-state index contributed by atoms with van der Waals surface area (Å²) in [5.41, 5.74) is -0.434. The summed E-state index contributed by atoms with van der Waals surface area (Å²) < 4.78 is 39.1. The number of imidazole rings is 1. The number of alkyl halides is 3. The van der Waals surface area contributed by atoms with Crippen LogP contribution in [0.3, 0.4) is 0 Å². The molecule has 2 heterocycles. The number of benzene rings is 1. The van der Waals surface area contributed by atoms with Crippen LogP contribution in [0.15, 0.2) is 41.5 Å². The van der Waals surface area contributed by atoms with Crippen molar-refractivity contribution in [3.8, 4) is 11.4 Å². The number of nitrogens with zero attached hydrogens (tertiary/aromatic N) is 4. The Bertz CT molecular complexity index is 921. The van der Waals surface area contributed by atoms with Gasteiger partial charge in [0.05, 0.1) is 0 Å². The maximum absolute atomic E-state index is 12.6. The lowest BCUT2D eigenvalue weighted by Crippen LogP contribution is -2.27. The molecule has 0 radical (unpaired) electrons. The summed E-state index contributed by atoms with van der Waals surface area (Å²) >= 11 is 1.19. The minimum Gasteiger partial charge on any atom is -0.310 e. The van der Waals surface area contributed by atoms with Crippen LogP contribution in [-0.2, 0) is 0 Å². The van der Waals surface area contributed by atoms with E-state index < -0.39 is 11.9 Å². The molecule has 0 aliphatic rings. The van der Waals surface area contributed by atoms with Gasteiger partial charge in [0, 0.05) is 11.3 Å². The van der Waals surface area contributed by atoms with E-state index in [1.54, 1.807) is 30.3 Å². The molecule has 6 nitrogen and oxygen atoms in total. The van der Waals surface area contributed by atoms with E-state index in [0.717, 1.165) is 6.33 Å². The summed E-state index contributed by atoms with van der Waals surface area (Å²) in [5, 5.41) is 0. The quantitative estimate of drug-likeness (QED) is 0.719. The summed E-state index contributed by atoms with van der Waals surface area (Å²) in [4.78, 5) is 24.3. The van der Waals surface area contributed by atoms with Crippen molar-refractivity contribution in [2.75, 3.05) is 5.75 Å². The Hall–Kier alpha value is -2.49. The molecule has 0 atom stereocenters. The highest BCUT2D eigenvalue weighted by atomic mass is 32.2.